The van der Waals surface area contributed by atoms with Crippen LogP contribution in [0.5, 0.6) is 23.0 Å². The van der Waals surface area contributed by atoms with Crippen LogP contribution in [-0.2, 0) is 23.8 Å². The Kier molecular flexibility index (Phi) is 13.3. The summed E-state index contributed by atoms with van der Waals surface area (Å²) in [6, 6.07) is 10.6. The van der Waals surface area contributed by atoms with Gasteiger partial charge in [-0.25, -0.2) is 4.79 Å². The fraction of sp³-hybridized carbons (Fsp3) is 0.389. The molecule has 2 aromatic rings. The van der Waals surface area contributed by atoms with E-state index in [2.05, 4.69) is 0 Å². The molecule has 0 amide bonds. The highest BCUT2D eigenvalue weighted by molar-refractivity contribution is 6.09. The van der Waals surface area contributed by atoms with Crippen molar-refractivity contribution < 1.29 is 47.9 Å². The van der Waals surface area contributed by atoms with E-state index in [-0.39, 0.29) is 30.5 Å². The Morgan fingerprint density at radius 3 is 1.78 bits per heavy atom. The maximum absolute atomic E-state index is 13.3. The fourth-order valence-electron chi connectivity index (χ4n) is 4.82. The van der Waals surface area contributed by atoms with Crippen molar-refractivity contribution in [1.29, 1.82) is 0 Å². The first-order valence-corrected chi connectivity index (χ1v) is 15.5. The van der Waals surface area contributed by atoms with Gasteiger partial charge >= 0.3 is 5.97 Å². The molecule has 2 aliphatic rings. The molecule has 4 rings (SSSR count). The van der Waals surface area contributed by atoms with Crippen molar-refractivity contribution in [2.24, 2.45) is 0 Å². The average Bonchev–Trinajstić information content (AvgIpc) is 3.08. The quantitative estimate of drug-likeness (QED) is 0.104. The average molecular weight is 635 g/mol. The zero-order valence-electron chi connectivity index (χ0n) is 26.6. The molecule has 10 heteroatoms. The van der Waals surface area contributed by atoms with Gasteiger partial charge < -0.3 is 38.3 Å². The van der Waals surface area contributed by atoms with Gasteiger partial charge in [-0.3, -0.25) is 4.79 Å². The molecular formula is C36H42O10. The van der Waals surface area contributed by atoms with Gasteiger partial charge in [-0.15, -0.1) is 0 Å². The van der Waals surface area contributed by atoms with E-state index in [0.29, 0.717) is 47.3 Å². The van der Waals surface area contributed by atoms with Crippen molar-refractivity contribution in [3.8, 4) is 23.0 Å². The molecule has 2 heterocycles. The minimum absolute atomic E-state index is 0.108. The van der Waals surface area contributed by atoms with Gasteiger partial charge in [0.2, 0.25) is 0 Å². The van der Waals surface area contributed by atoms with Crippen LogP contribution < -0.4 is 18.9 Å². The van der Waals surface area contributed by atoms with Crippen LogP contribution in [0.3, 0.4) is 0 Å². The maximum Gasteiger partial charge on any atom is 0.330 e. The lowest BCUT2D eigenvalue weighted by Gasteiger charge is -2.24. The zero-order chi connectivity index (χ0) is 32.7. The van der Waals surface area contributed by atoms with Gasteiger partial charge in [0.05, 0.1) is 39.6 Å². The first-order chi connectivity index (χ1) is 22.4. The maximum atomic E-state index is 13.3. The predicted molar refractivity (Wildman–Crippen MR) is 173 cm³/mol. The summed E-state index contributed by atoms with van der Waals surface area (Å²) in [5, 5.41) is 11.0. The zero-order valence-corrected chi connectivity index (χ0v) is 26.6. The molecule has 0 aromatic heterocycles. The molecule has 46 heavy (non-hydrogen) atoms. The Bertz CT molecular complexity index is 1440. The summed E-state index contributed by atoms with van der Waals surface area (Å²) in [5.41, 5.74) is 1.24. The SMILES string of the molecule is CCOC(=O)C=CC(C(=O)/C=C/c1ccc(OC2CCCCO2)c(OC)c1)=C(O)/C=C/c1ccc(OC2CCCCO2)c(OC)c1. The molecule has 0 radical (unpaired) electrons. The molecule has 2 aliphatic heterocycles. The largest absolute Gasteiger partial charge is 0.507 e. The molecule has 0 aliphatic carbocycles. The first-order valence-electron chi connectivity index (χ1n) is 15.5. The molecule has 2 unspecified atom stereocenters. The first kappa shape index (κ1) is 34.3. The number of hydrogen-bond donors (Lipinski definition) is 1. The van der Waals surface area contributed by atoms with Crippen molar-refractivity contribution in [1.82, 2.24) is 0 Å². The van der Waals surface area contributed by atoms with Crippen LogP contribution in [-0.4, -0.2) is 63.5 Å². The van der Waals surface area contributed by atoms with Crippen molar-refractivity contribution in [3.63, 3.8) is 0 Å². The van der Waals surface area contributed by atoms with Crippen molar-refractivity contribution in [3.05, 3.63) is 83.2 Å². The van der Waals surface area contributed by atoms with E-state index in [1.54, 1.807) is 62.6 Å². The predicted octanol–water partition coefficient (Wildman–Crippen LogP) is 6.74. The smallest absolute Gasteiger partial charge is 0.330 e. The topological polar surface area (TPSA) is 119 Å². The summed E-state index contributed by atoms with van der Waals surface area (Å²) < 4.78 is 39.2. The van der Waals surface area contributed by atoms with Crippen LogP contribution in [0.2, 0.25) is 0 Å². The third-order valence-electron chi connectivity index (χ3n) is 7.24. The van der Waals surface area contributed by atoms with Crippen LogP contribution in [0.4, 0.5) is 0 Å². The molecule has 2 saturated heterocycles. The van der Waals surface area contributed by atoms with Crippen molar-refractivity contribution in [2.45, 2.75) is 58.0 Å². The number of aliphatic hydroxyl groups excluding tert-OH is 1. The van der Waals surface area contributed by atoms with Gasteiger partial charge in [-0.2, -0.15) is 0 Å². The lowest BCUT2D eigenvalue weighted by molar-refractivity contribution is -0.137. The van der Waals surface area contributed by atoms with E-state index in [4.69, 9.17) is 33.2 Å². The number of carbonyl (C=O) groups excluding carboxylic acids is 2. The molecule has 246 valence electrons. The number of carbonyl (C=O) groups is 2. The Hall–Kier alpha value is -4.54. The summed E-state index contributed by atoms with van der Waals surface area (Å²) in [4.78, 5) is 25.3. The molecular weight excluding hydrogens is 592 g/mol. The van der Waals surface area contributed by atoms with Crippen molar-refractivity contribution >= 4 is 23.9 Å². The van der Waals surface area contributed by atoms with Crippen LogP contribution in [0.25, 0.3) is 12.2 Å². The number of ether oxygens (including phenoxy) is 7. The van der Waals surface area contributed by atoms with Crippen LogP contribution in [0.1, 0.15) is 56.6 Å². The van der Waals surface area contributed by atoms with Gasteiger partial charge in [0.25, 0.3) is 0 Å². The Balaban J connectivity index is 1.52. The number of benzene rings is 2. The monoisotopic (exact) mass is 634 g/mol. The number of rotatable bonds is 14. The van der Waals surface area contributed by atoms with E-state index >= 15 is 0 Å². The minimum Gasteiger partial charge on any atom is -0.507 e. The molecule has 0 saturated carbocycles. The lowest BCUT2D eigenvalue weighted by Crippen LogP contribution is -2.25. The van der Waals surface area contributed by atoms with Gasteiger partial charge in [0, 0.05) is 18.9 Å². The summed E-state index contributed by atoms with van der Waals surface area (Å²) >= 11 is 0. The van der Waals surface area contributed by atoms with E-state index in [0.717, 1.165) is 44.6 Å². The van der Waals surface area contributed by atoms with Gasteiger partial charge in [0.1, 0.15) is 5.76 Å². The van der Waals surface area contributed by atoms with E-state index in [1.807, 2.05) is 0 Å². The van der Waals surface area contributed by atoms with Gasteiger partial charge in [-0.1, -0.05) is 24.3 Å². The van der Waals surface area contributed by atoms with Gasteiger partial charge in [0.15, 0.2) is 41.4 Å². The number of methoxy groups -OCH3 is 2. The third kappa shape index (κ3) is 10.3. The third-order valence-corrected chi connectivity index (χ3v) is 7.24. The minimum atomic E-state index is -0.641. The summed E-state index contributed by atoms with van der Waals surface area (Å²) in [6.45, 7) is 3.16. The second-order valence-corrected chi connectivity index (χ2v) is 10.6. The van der Waals surface area contributed by atoms with Gasteiger partial charge in [-0.05, 0) is 86.2 Å². The Labute approximate surface area is 269 Å². The molecule has 2 fully saturated rings. The number of allylic oxidation sites excluding steroid dienone is 4. The molecule has 10 nitrogen and oxygen atoms in total. The fourth-order valence-corrected chi connectivity index (χ4v) is 4.82. The summed E-state index contributed by atoms with van der Waals surface area (Å²) in [6.07, 6.45) is 13.2. The summed E-state index contributed by atoms with van der Waals surface area (Å²) in [5.74, 6) is 0.550. The second kappa shape index (κ2) is 17.8. The molecule has 1 N–H and O–H groups in total. The number of esters is 1. The molecule has 0 spiro atoms. The van der Waals surface area contributed by atoms with Crippen LogP contribution in [0.15, 0.2) is 72.0 Å². The number of aliphatic hydroxyl groups is 1. The van der Waals surface area contributed by atoms with E-state index in [1.165, 1.54) is 25.3 Å². The molecule has 2 atom stereocenters. The van der Waals surface area contributed by atoms with Crippen LogP contribution >= 0.6 is 0 Å². The Morgan fingerprint density at radius 2 is 1.30 bits per heavy atom. The van der Waals surface area contributed by atoms with Crippen molar-refractivity contribution in [2.75, 3.05) is 34.0 Å². The number of ketones is 1. The highest BCUT2D eigenvalue weighted by Crippen LogP contribution is 2.32. The van der Waals surface area contributed by atoms with E-state index < -0.39 is 11.8 Å². The standard InChI is InChI=1S/C36H42O10/c1-4-42-34(39)20-15-27(28(37)16-11-25-13-18-30(32(23-25)40-2)45-35-9-5-7-21-43-35)29(38)17-12-26-14-19-31(33(24-26)41-3)46-36-10-6-8-22-44-36/h11-20,23-24,35-37H,4-10,21-22H2,1-3H3/b16-11+,17-12+,20-15?,28-27?. The Morgan fingerprint density at radius 1 is 0.761 bits per heavy atom. The second-order valence-electron chi connectivity index (χ2n) is 10.6. The highest BCUT2D eigenvalue weighted by Gasteiger charge is 2.19. The lowest BCUT2D eigenvalue weighted by atomic mass is 10.1. The highest BCUT2D eigenvalue weighted by atomic mass is 16.7. The normalized spacial score (nSPS) is 19.2. The van der Waals surface area contributed by atoms with Crippen LogP contribution in [0, 0.1) is 0 Å². The number of hydrogen-bond acceptors (Lipinski definition) is 10. The molecule has 2 aromatic carbocycles. The summed E-state index contributed by atoms with van der Waals surface area (Å²) in [7, 11) is 3.08. The van der Waals surface area contributed by atoms with E-state index in [9.17, 15) is 14.7 Å². The molecule has 0 bridgehead atoms.